The Morgan fingerprint density at radius 3 is 2.63 bits per heavy atom. The fourth-order valence-electron chi connectivity index (χ4n) is 3.02. The van der Waals surface area contributed by atoms with Crippen LogP contribution in [0.1, 0.15) is 45.4 Å². The van der Waals surface area contributed by atoms with E-state index in [1.54, 1.807) is 0 Å². The first-order chi connectivity index (χ1) is 8.91. The van der Waals surface area contributed by atoms with E-state index in [1.165, 1.54) is 22.2 Å². The third-order valence-corrected chi connectivity index (χ3v) is 5.08. The lowest BCUT2D eigenvalue weighted by molar-refractivity contribution is 0.113. The van der Waals surface area contributed by atoms with Crippen molar-refractivity contribution in [2.45, 2.75) is 40.5 Å². The fourth-order valence-corrected chi connectivity index (χ4v) is 3.02. The number of hydrogen-bond donors (Lipinski definition) is 1. The van der Waals surface area contributed by atoms with Gasteiger partial charge in [0.2, 0.25) is 0 Å². The van der Waals surface area contributed by atoms with Crippen LogP contribution in [0, 0.1) is 10.8 Å². The molecule has 1 heterocycles. The molecule has 1 atom stereocenters. The molecule has 0 amide bonds. The Hall–Kier alpha value is -1.50. The molecule has 3 rings (SSSR count). The van der Waals surface area contributed by atoms with Crippen LogP contribution in [-0.4, -0.2) is 4.98 Å². The molecule has 19 heavy (non-hydrogen) atoms. The zero-order valence-corrected chi connectivity index (χ0v) is 12.4. The number of hydrogen-bond acceptors (Lipinski definition) is 0. The Bertz CT molecular complexity index is 639. The number of aromatic amines is 1. The van der Waals surface area contributed by atoms with Crippen LogP contribution in [0.5, 0.6) is 0 Å². The van der Waals surface area contributed by atoms with Crippen molar-refractivity contribution in [1.82, 2.24) is 4.98 Å². The third kappa shape index (κ3) is 1.92. The molecule has 1 nitrogen and oxygen atoms in total. The second kappa shape index (κ2) is 4.00. The SMILES string of the molecule is CC(C)(C)C1(C)CC=Cc2[nH]c3ccccc3c2C1. The monoisotopic (exact) mass is 253 g/mol. The van der Waals surface area contributed by atoms with Crippen LogP contribution in [0.3, 0.4) is 0 Å². The van der Waals surface area contributed by atoms with E-state index in [-0.39, 0.29) is 0 Å². The maximum Gasteiger partial charge on any atom is 0.0461 e. The van der Waals surface area contributed by atoms with Crippen LogP contribution in [0.4, 0.5) is 0 Å². The summed E-state index contributed by atoms with van der Waals surface area (Å²) < 4.78 is 0. The van der Waals surface area contributed by atoms with Crippen molar-refractivity contribution >= 4 is 17.0 Å². The molecule has 0 fully saturated rings. The van der Waals surface area contributed by atoms with Gasteiger partial charge >= 0.3 is 0 Å². The summed E-state index contributed by atoms with van der Waals surface area (Å²) in [5, 5.41) is 1.39. The Kier molecular flexibility index (Phi) is 2.63. The number of H-pyrrole nitrogens is 1. The van der Waals surface area contributed by atoms with E-state index >= 15 is 0 Å². The van der Waals surface area contributed by atoms with Gasteiger partial charge in [-0.25, -0.2) is 0 Å². The fraction of sp³-hybridized carbons (Fsp3) is 0.444. The van der Waals surface area contributed by atoms with Crippen molar-refractivity contribution in [3.8, 4) is 0 Å². The summed E-state index contributed by atoms with van der Waals surface area (Å²) in [6, 6.07) is 8.66. The number of fused-ring (bicyclic) bond motifs is 3. The standard InChI is InChI=1S/C18H23N/c1-17(2,3)18(4)11-7-10-16-14(12-18)13-8-5-6-9-15(13)19-16/h5-10,19H,11-12H2,1-4H3. The summed E-state index contributed by atoms with van der Waals surface area (Å²) >= 11 is 0. The van der Waals surface area contributed by atoms with Gasteiger partial charge in [0.15, 0.2) is 0 Å². The first-order valence-corrected chi connectivity index (χ1v) is 7.17. The largest absolute Gasteiger partial charge is 0.355 e. The lowest BCUT2D eigenvalue weighted by Gasteiger charge is -2.41. The first-order valence-electron chi connectivity index (χ1n) is 7.17. The highest BCUT2D eigenvalue weighted by Gasteiger charge is 2.38. The molecule has 0 spiro atoms. The number of aromatic nitrogens is 1. The van der Waals surface area contributed by atoms with Gasteiger partial charge in [-0.2, -0.15) is 0 Å². The summed E-state index contributed by atoms with van der Waals surface area (Å²) in [5.74, 6) is 0. The molecule has 0 aliphatic heterocycles. The zero-order chi connectivity index (χ0) is 13.7. The second-order valence-electron chi connectivity index (χ2n) is 7.16. The molecule has 1 heteroatoms. The van der Waals surface area contributed by atoms with Gasteiger partial charge in [-0.3, -0.25) is 0 Å². The summed E-state index contributed by atoms with van der Waals surface area (Å²) in [5.41, 5.74) is 4.66. The van der Waals surface area contributed by atoms with Crippen LogP contribution in [0.15, 0.2) is 30.3 Å². The smallest absolute Gasteiger partial charge is 0.0461 e. The van der Waals surface area contributed by atoms with E-state index < -0.39 is 0 Å². The molecule has 0 saturated carbocycles. The molecule has 1 aromatic carbocycles. The van der Waals surface area contributed by atoms with E-state index in [0.29, 0.717) is 10.8 Å². The van der Waals surface area contributed by atoms with E-state index in [4.69, 9.17) is 0 Å². The minimum atomic E-state index is 0.303. The summed E-state index contributed by atoms with van der Waals surface area (Å²) in [7, 11) is 0. The maximum absolute atomic E-state index is 3.56. The Morgan fingerprint density at radius 2 is 1.89 bits per heavy atom. The predicted octanol–water partition coefficient (Wildman–Crippen LogP) is 5.18. The molecule has 0 radical (unpaired) electrons. The molecule has 1 unspecified atom stereocenters. The van der Waals surface area contributed by atoms with Gasteiger partial charge in [0.05, 0.1) is 0 Å². The zero-order valence-electron chi connectivity index (χ0n) is 12.4. The van der Waals surface area contributed by atoms with Crippen molar-refractivity contribution in [3.05, 3.63) is 41.6 Å². The van der Waals surface area contributed by atoms with Gasteiger partial charge in [0.25, 0.3) is 0 Å². The topological polar surface area (TPSA) is 15.8 Å². The molecule has 1 aromatic heterocycles. The number of allylic oxidation sites excluding steroid dienone is 1. The molecule has 1 N–H and O–H groups in total. The normalized spacial score (nSPS) is 23.4. The molecule has 2 aromatic rings. The quantitative estimate of drug-likeness (QED) is 0.666. The van der Waals surface area contributed by atoms with Gasteiger partial charge < -0.3 is 4.98 Å². The highest BCUT2D eigenvalue weighted by atomic mass is 14.7. The van der Waals surface area contributed by atoms with Gasteiger partial charge in [0.1, 0.15) is 0 Å². The summed E-state index contributed by atoms with van der Waals surface area (Å²) in [4.78, 5) is 3.56. The Balaban J connectivity index is 2.18. The van der Waals surface area contributed by atoms with Crippen molar-refractivity contribution in [1.29, 1.82) is 0 Å². The highest BCUT2D eigenvalue weighted by molar-refractivity contribution is 5.87. The summed E-state index contributed by atoms with van der Waals surface area (Å²) in [6.07, 6.45) is 6.90. The molecule has 1 aliphatic carbocycles. The maximum atomic E-state index is 3.56. The minimum absolute atomic E-state index is 0.303. The number of benzene rings is 1. The number of nitrogens with one attached hydrogen (secondary N) is 1. The van der Waals surface area contributed by atoms with Crippen LogP contribution in [0.25, 0.3) is 17.0 Å². The Morgan fingerprint density at radius 1 is 1.16 bits per heavy atom. The lowest BCUT2D eigenvalue weighted by Crippen LogP contribution is -2.34. The molecule has 100 valence electrons. The van der Waals surface area contributed by atoms with Crippen molar-refractivity contribution < 1.29 is 0 Å². The van der Waals surface area contributed by atoms with Gasteiger partial charge in [-0.1, -0.05) is 52.0 Å². The van der Waals surface area contributed by atoms with Crippen molar-refractivity contribution in [3.63, 3.8) is 0 Å². The van der Waals surface area contributed by atoms with Gasteiger partial charge in [-0.15, -0.1) is 0 Å². The predicted molar refractivity (Wildman–Crippen MR) is 83.2 cm³/mol. The van der Waals surface area contributed by atoms with E-state index in [9.17, 15) is 0 Å². The molecule has 0 saturated heterocycles. The first kappa shape index (κ1) is 12.5. The average molecular weight is 253 g/mol. The Labute approximate surface area is 115 Å². The second-order valence-corrected chi connectivity index (χ2v) is 7.16. The minimum Gasteiger partial charge on any atom is -0.355 e. The highest BCUT2D eigenvalue weighted by Crippen LogP contribution is 2.47. The lowest BCUT2D eigenvalue weighted by atomic mass is 9.63. The van der Waals surface area contributed by atoms with Crippen LogP contribution in [0.2, 0.25) is 0 Å². The average Bonchev–Trinajstić information content (AvgIpc) is 2.56. The molecule has 0 bridgehead atoms. The molecular weight excluding hydrogens is 230 g/mol. The van der Waals surface area contributed by atoms with Crippen LogP contribution < -0.4 is 0 Å². The molecule has 1 aliphatic rings. The van der Waals surface area contributed by atoms with Crippen molar-refractivity contribution in [2.24, 2.45) is 10.8 Å². The number of para-hydroxylation sites is 1. The van der Waals surface area contributed by atoms with E-state index in [0.717, 1.165) is 12.8 Å². The van der Waals surface area contributed by atoms with Crippen LogP contribution in [-0.2, 0) is 6.42 Å². The molecular formula is C18H23N. The van der Waals surface area contributed by atoms with E-state index in [1.807, 2.05) is 0 Å². The third-order valence-electron chi connectivity index (χ3n) is 5.08. The number of rotatable bonds is 0. The summed E-state index contributed by atoms with van der Waals surface area (Å²) in [6.45, 7) is 9.51. The van der Waals surface area contributed by atoms with Crippen LogP contribution >= 0.6 is 0 Å². The van der Waals surface area contributed by atoms with Gasteiger partial charge in [0, 0.05) is 16.6 Å². The van der Waals surface area contributed by atoms with Gasteiger partial charge in [-0.05, 0) is 41.4 Å². The van der Waals surface area contributed by atoms with Crippen molar-refractivity contribution in [2.75, 3.05) is 0 Å². The van der Waals surface area contributed by atoms with E-state index in [2.05, 4.69) is 69.1 Å².